The van der Waals surface area contributed by atoms with Crippen LogP contribution >= 0.6 is 0 Å². The molecule has 0 aliphatic carbocycles. The average molecular weight is 268 g/mol. The molecule has 0 aliphatic rings. The molecule has 0 radical (unpaired) electrons. The van der Waals surface area contributed by atoms with Gasteiger partial charge in [-0.3, -0.25) is 0 Å². The largest absolute Gasteiger partial charge is 0.478 e. The molecule has 0 unspecified atom stereocenters. The Kier molecular flexibility index (Phi) is 3.42. The second kappa shape index (κ2) is 4.38. The minimum Gasteiger partial charge on any atom is -0.478 e. The molecule has 2 aromatic carbocycles. The monoisotopic (exact) mass is 270 g/mol. The number of rotatable bonds is 1. The predicted octanol–water partition coefficient (Wildman–Crippen LogP) is 2.54. The van der Waals surface area contributed by atoms with E-state index in [1.807, 2.05) is 30.3 Å². The van der Waals surface area contributed by atoms with Gasteiger partial charge in [-0.2, -0.15) is 0 Å². The van der Waals surface area contributed by atoms with Gasteiger partial charge < -0.3 is 5.11 Å². The number of carbonyl (C=O) groups is 1. The number of carboxylic acid groups (broad SMARTS) is 1. The zero-order chi connectivity index (χ0) is 9.26. The molecule has 0 amide bonds. The Morgan fingerprint density at radius 1 is 1.00 bits per heavy atom. The van der Waals surface area contributed by atoms with E-state index >= 15 is 0 Å². The van der Waals surface area contributed by atoms with E-state index in [0.29, 0.717) is 5.56 Å². The van der Waals surface area contributed by atoms with E-state index in [-0.39, 0.29) is 21.1 Å². The Hall–Kier alpha value is -1.14. The molecule has 0 saturated heterocycles. The third kappa shape index (κ3) is 1.85. The molecule has 0 aromatic heterocycles. The summed E-state index contributed by atoms with van der Waals surface area (Å²) in [5.74, 6) is -0.878. The summed E-state index contributed by atoms with van der Waals surface area (Å²) in [6, 6.07) is 12.7. The van der Waals surface area contributed by atoms with Crippen molar-refractivity contribution in [1.82, 2.24) is 0 Å². The van der Waals surface area contributed by atoms with Crippen LogP contribution in [0.1, 0.15) is 10.4 Å². The van der Waals surface area contributed by atoms with Gasteiger partial charge in [0.05, 0.1) is 5.56 Å². The number of aromatic carboxylic acids is 1. The smallest absolute Gasteiger partial charge is 0.336 e. The number of fused-ring (bicyclic) bond motifs is 1. The standard InChI is InChI=1S/C11H8O2.Mo/c12-11(13)10-7-3-5-8-4-1-2-6-9(8)10;/h1-7H,(H,12,13);. The first kappa shape index (κ1) is 10.9. The van der Waals surface area contributed by atoms with Gasteiger partial charge in [0.1, 0.15) is 0 Å². The van der Waals surface area contributed by atoms with Crippen molar-refractivity contribution in [3.05, 3.63) is 48.0 Å². The van der Waals surface area contributed by atoms with E-state index in [9.17, 15) is 4.79 Å². The maximum atomic E-state index is 10.8. The van der Waals surface area contributed by atoms with Gasteiger partial charge in [0, 0.05) is 21.1 Å². The van der Waals surface area contributed by atoms with Crippen LogP contribution in [-0.2, 0) is 21.1 Å². The third-order valence-electron chi connectivity index (χ3n) is 2.02. The molecule has 2 aromatic rings. The molecule has 0 spiro atoms. The van der Waals surface area contributed by atoms with Crippen molar-refractivity contribution in [1.29, 1.82) is 0 Å². The van der Waals surface area contributed by atoms with Crippen molar-refractivity contribution in [2.24, 2.45) is 0 Å². The molecule has 70 valence electrons. The SMILES string of the molecule is O=C(O)c1cccc2ccccc12.[Mo]. The van der Waals surface area contributed by atoms with Crippen molar-refractivity contribution in [2.45, 2.75) is 0 Å². The van der Waals surface area contributed by atoms with E-state index in [1.165, 1.54) is 0 Å². The van der Waals surface area contributed by atoms with Gasteiger partial charge in [0.25, 0.3) is 0 Å². The fraction of sp³-hybridized carbons (Fsp3) is 0. The number of hydrogen-bond donors (Lipinski definition) is 1. The van der Waals surface area contributed by atoms with Gasteiger partial charge in [-0.25, -0.2) is 4.79 Å². The van der Waals surface area contributed by atoms with Crippen LogP contribution in [0.4, 0.5) is 0 Å². The summed E-state index contributed by atoms with van der Waals surface area (Å²) in [6.07, 6.45) is 0. The fourth-order valence-corrected chi connectivity index (χ4v) is 1.41. The molecule has 14 heavy (non-hydrogen) atoms. The van der Waals surface area contributed by atoms with Crippen molar-refractivity contribution in [2.75, 3.05) is 0 Å². The molecule has 0 heterocycles. The summed E-state index contributed by atoms with van der Waals surface area (Å²) in [5.41, 5.74) is 0.359. The second-order valence-corrected chi connectivity index (χ2v) is 2.83. The van der Waals surface area contributed by atoms with Gasteiger partial charge in [-0.05, 0) is 16.8 Å². The van der Waals surface area contributed by atoms with E-state index in [4.69, 9.17) is 5.11 Å². The topological polar surface area (TPSA) is 37.3 Å². The van der Waals surface area contributed by atoms with Crippen molar-refractivity contribution >= 4 is 16.7 Å². The van der Waals surface area contributed by atoms with Crippen LogP contribution in [0.15, 0.2) is 42.5 Å². The molecule has 0 fully saturated rings. The van der Waals surface area contributed by atoms with Gasteiger partial charge in [0.15, 0.2) is 0 Å². The van der Waals surface area contributed by atoms with Crippen LogP contribution < -0.4 is 0 Å². The Bertz CT molecular complexity index is 460. The minimum absolute atomic E-state index is 0. The molecule has 2 nitrogen and oxygen atoms in total. The first-order chi connectivity index (χ1) is 6.29. The Morgan fingerprint density at radius 2 is 1.64 bits per heavy atom. The van der Waals surface area contributed by atoms with Gasteiger partial charge in [0.2, 0.25) is 0 Å². The van der Waals surface area contributed by atoms with Gasteiger partial charge in [-0.1, -0.05) is 36.4 Å². The Balaban J connectivity index is 0.000000980. The van der Waals surface area contributed by atoms with Gasteiger partial charge in [-0.15, -0.1) is 0 Å². The van der Waals surface area contributed by atoms with Crippen molar-refractivity contribution < 1.29 is 31.0 Å². The summed E-state index contributed by atoms with van der Waals surface area (Å²) in [7, 11) is 0. The molecule has 3 heteroatoms. The summed E-state index contributed by atoms with van der Waals surface area (Å²) in [6.45, 7) is 0. The summed E-state index contributed by atoms with van der Waals surface area (Å²) >= 11 is 0. The second-order valence-electron chi connectivity index (χ2n) is 2.83. The number of benzene rings is 2. The molecule has 0 atom stereocenters. The number of hydrogen-bond acceptors (Lipinski definition) is 1. The molecular formula is C11H8MoO2. The number of carboxylic acids is 1. The molecule has 2 rings (SSSR count). The molecule has 0 saturated carbocycles. The minimum atomic E-state index is -0.878. The first-order valence-corrected chi connectivity index (χ1v) is 4.00. The zero-order valence-electron chi connectivity index (χ0n) is 7.31. The Labute approximate surface area is 95.8 Å². The molecular weight excluding hydrogens is 260 g/mol. The van der Waals surface area contributed by atoms with E-state index in [1.54, 1.807) is 12.1 Å². The molecule has 1 N–H and O–H groups in total. The maximum absolute atomic E-state index is 10.8. The maximum Gasteiger partial charge on any atom is 0.336 e. The van der Waals surface area contributed by atoms with Crippen LogP contribution in [0.3, 0.4) is 0 Å². The van der Waals surface area contributed by atoms with Crippen LogP contribution in [0.5, 0.6) is 0 Å². The molecule has 0 bridgehead atoms. The summed E-state index contributed by atoms with van der Waals surface area (Å²) in [5, 5.41) is 10.6. The van der Waals surface area contributed by atoms with E-state index < -0.39 is 5.97 Å². The van der Waals surface area contributed by atoms with Gasteiger partial charge >= 0.3 is 5.97 Å². The van der Waals surface area contributed by atoms with Crippen LogP contribution in [0.2, 0.25) is 0 Å². The average Bonchev–Trinajstić information content (AvgIpc) is 2.17. The van der Waals surface area contributed by atoms with Crippen molar-refractivity contribution in [3.8, 4) is 0 Å². The van der Waals surface area contributed by atoms with Crippen molar-refractivity contribution in [3.63, 3.8) is 0 Å². The van der Waals surface area contributed by atoms with Crippen LogP contribution in [0.25, 0.3) is 10.8 Å². The first-order valence-electron chi connectivity index (χ1n) is 4.00. The quantitative estimate of drug-likeness (QED) is 0.807. The summed E-state index contributed by atoms with van der Waals surface area (Å²) in [4.78, 5) is 10.8. The molecule has 0 aliphatic heterocycles. The Morgan fingerprint density at radius 3 is 2.36 bits per heavy atom. The fourth-order valence-electron chi connectivity index (χ4n) is 1.41. The normalized spacial score (nSPS) is 9.43. The van der Waals surface area contributed by atoms with Crippen LogP contribution in [-0.4, -0.2) is 11.1 Å². The zero-order valence-corrected chi connectivity index (χ0v) is 9.31. The third-order valence-corrected chi connectivity index (χ3v) is 2.02. The van der Waals surface area contributed by atoms with Crippen LogP contribution in [0, 0.1) is 0 Å². The summed E-state index contributed by atoms with van der Waals surface area (Å²) < 4.78 is 0. The predicted molar refractivity (Wildman–Crippen MR) is 50.9 cm³/mol. The van der Waals surface area contributed by atoms with E-state index in [0.717, 1.165) is 10.8 Å². The van der Waals surface area contributed by atoms with E-state index in [2.05, 4.69) is 0 Å².